The van der Waals surface area contributed by atoms with Crippen LogP contribution in [0, 0.1) is 11.8 Å². The highest BCUT2D eigenvalue weighted by molar-refractivity contribution is 6.25. The normalized spacial score (nSPS) is 28.5. The maximum atomic E-state index is 5.67. The van der Waals surface area contributed by atoms with E-state index in [1.165, 1.54) is 31.3 Å². The molecule has 1 fully saturated rings. The van der Waals surface area contributed by atoms with Crippen molar-refractivity contribution in [3.8, 4) is 0 Å². The Bertz CT molecular complexity index is 211. The minimum absolute atomic E-state index is 0.699. The minimum atomic E-state index is 0.699. The molecule has 1 rings (SSSR count). The second-order valence-electron chi connectivity index (χ2n) is 5.14. The molecular weight excluding hydrogens is 206 g/mol. The lowest BCUT2D eigenvalue weighted by Gasteiger charge is -2.35. The topological polar surface area (TPSA) is 12.0 Å². The Balaban J connectivity index is 2.42. The first-order chi connectivity index (χ1) is 7.15. The van der Waals surface area contributed by atoms with Gasteiger partial charge in [-0.05, 0) is 37.2 Å². The van der Waals surface area contributed by atoms with E-state index in [0.29, 0.717) is 6.04 Å². The Morgan fingerprint density at radius 2 is 2.07 bits per heavy atom. The average Bonchev–Trinajstić information content (AvgIpc) is 2.26. The second-order valence-corrected chi connectivity index (χ2v) is 5.35. The Morgan fingerprint density at radius 3 is 2.67 bits per heavy atom. The summed E-state index contributed by atoms with van der Waals surface area (Å²) in [6, 6.07) is 0.699. The molecule has 0 aromatic carbocycles. The smallest absolute Gasteiger partial charge is 0.0176 e. The molecule has 2 unspecified atom stereocenters. The summed E-state index contributed by atoms with van der Waals surface area (Å²) >= 11 is 5.67. The molecular formula is C13H24ClN. The Labute approximate surface area is 99.3 Å². The van der Waals surface area contributed by atoms with Gasteiger partial charge >= 0.3 is 0 Å². The second kappa shape index (κ2) is 6.55. The predicted octanol–water partition coefficient (Wildman–Crippen LogP) is 3.93. The van der Waals surface area contributed by atoms with Gasteiger partial charge in [0.15, 0.2) is 0 Å². The van der Waals surface area contributed by atoms with E-state index >= 15 is 0 Å². The molecule has 0 aromatic rings. The van der Waals surface area contributed by atoms with Crippen LogP contribution in [0.4, 0.5) is 0 Å². The van der Waals surface area contributed by atoms with Crippen LogP contribution < -0.4 is 5.32 Å². The number of hydrogen-bond acceptors (Lipinski definition) is 1. The fourth-order valence-corrected chi connectivity index (χ4v) is 2.62. The van der Waals surface area contributed by atoms with E-state index in [0.717, 1.165) is 18.4 Å². The average molecular weight is 230 g/mol. The van der Waals surface area contributed by atoms with E-state index in [4.69, 9.17) is 11.6 Å². The molecule has 1 saturated carbocycles. The molecule has 1 aliphatic carbocycles. The first-order valence-electron chi connectivity index (χ1n) is 6.14. The van der Waals surface area contributed by atoms with Crippen LogP contribution >= 0.6 is 11.6 Å². The van der Waals surface area contributed by atoms with Crippen LogP contribution in [0.15, 0.2) is 11.1 Å². The number of nitrogens with one attached hydrogen (secondary N) is 1. The van der Waals surface area contributed by atoms with Gasteiger partial charge < -0.3 is 5.32 Å². The summed E-state index contributed by atoms with van der Waals surface area (Å²) in [7, 11) is 0. The molecule has 0 amide bonds. The van der Waals surface area contributed by atoms with Crippen LogP contribution in [0.1, 0.15) is 46.5 Å². The predicted molar refractivity (Wildman–Crippen MR) is 68.2 cm³/mol. The molecule has 0 aromatic heterocycles. The highest BCUT2D eigenvalue weighted by Crippen LogP contribution is 2.30. The summed E-state index contributed by atoms with van der Waals surface area (Å²) in [5.41, 5.74) is 2.91. The van der Waals surface area contributed by atoms with E-state index in [9.17, 15) is 0 Å². The first-order valence-corrected chi connectivity index (χ1v) is 6.58. The standard InChI is InChI=1S/C13H24ClN/c1-10(2)12-6-4-5-7-13(12)15-9-11(3)8-14/h8,10,12-13,15H,4-7,9H2,1-3H3. The van der Waals surface area contributed by atoms with Crippen LogP contribution in [0.5, 0.6) is 0 Å². The van der Waals surface area contributed by atoms with Crippen molar-refractivity contribution in [2.45, 2.75) is 52.5 Å². The van der Waals surface area contributed by atoms with E-state index in [-0.39, 0.29) is 0 Å². The Kier molecular flexibility index (Phi) is 5.70. The van der Waals surface area contributed by atoms with Crippen molar-refractivity contribution >= 4 is 11.6 Å². The molecule has 1 aliphatic rings. The molecule has 0 heterocycles. The molecule has 0 bridgehead atoms. The summed E-state index contributed by atoms with van der Waals surface area (Å²) in [5.74, 6) is 1.64. The maximum absolute atomic E-state index is 5.67. The summed E-state index contributed by atoms with van der Waals surface area (Å²) in [4.78, 5) is 0. The molecule has 0 aliphatic heterocycles. The Morgan fingerprint density at radius 1 is 1.40 bits per heavy atom. The minimum Gasteiger partial charge on any atom is -0.310 e. The van der Waals surface area contributed by atoms with E-state index < -0.39 is 0 Å². The van der Waals surface area contributed by atoms with Crippen LogP contribution in [0.25, 0.3) is 0 Å². The third-order valence-corrected chi connectivity index (χ3v) is 3.88. The molecule has 2 atom stereocenters. The summed E-state index contributed by atoms with van der Waals surface area (Å²) in [6.07, 6.45) is 5.51. The highest BCUT2D eigenvalue weighted by Gasteiger charge is 2.26. The van der Waals surface area contributed by atoms with Crippen LogP contribution in [0.3, 0.4) is 0 Å². The summed E-state index contributed by atoms with van der Waals surface area (Å²) in [6.45, 7) is 7.70. The van der Waals surface area contributed by atoms with Crippen molar-refractivity contribution in [2.24, 2.45) is 11.8 Å². The van der Waals surface area contributed by atoms with Gasteiger partial charge in [-0.3, -0.25) is 0 Å². The van der Waals surface area contributed by atoms with Gasteiger partial charge in [0, 0.05) is 18.1 Å². The number of hydrogen-bond donors (Lipinski definition) is 1. The highest BCUT2D eigenvalue weighted by atomic mass is 35.5. The van der Waals surface area contributed by atoms with Crippen molar-refractivity contribution < 1.29 is 0 Å². The maximum Gasteiger partial charge on any atom is 0.0176 e. The van der Waals surface area contributed by atoms with Crippen molar-refractivity contribution in [1.29, 1.82) is 0 Å². The molecule has 1 nitrogen and oxygen atoms in total. The molecule has 0 radical (unpaired) electrons. The zero-order valence-electron chi connectivity index (χ0n) is 10.2. The fourth-order valence-electron chi connectivity index (χ4n) is 2.54. The molecule has 0 saturated heterocycles. The number of halogens is 1. The monoisotopic (exact) mass is 229 g/mol. The third kappa shape index (κ3) is 4.16. The van der Waals surface area contributed by atoms with Crippen LogP contribution in [0.2, 0.25) is 0 Å². The molecule has 15 heavy (non-hydrogen) atoms. The van der Waals surface area contributed by atoms with Crippen molar-refractivity contribution in [3.05, 3.63) is 11.1 Å². The van der Waals surface area contributed by atoms with Crippen molar-refractivity contribution in [3.63, 3.8) is 0 Å². The van der Waals surface area contributed by atoms with Crippen molar-refractivity contribution in [1.82, 2.24) is 5.32 Å². The molecule has 0 spiro atoms. The number of rotatable bonds is 4. The van der Waals surface area contributed by atoms with Gasteiger partial charge in [0.25, 0.3) is 0 Å². The van der Waals surface area contributed by atoms with Gasteiger partial charge in [-0.2, -0.15) is 0 Å². The van der Waals surface area contributed by atoms with Gasteiger partial charge in [-0.15, -0.1) is 0 Å². The summed E-state index contributed by atoms with van der Waals surface area (Å²) in [5, 5.41) is 3.65. The van der Waals surface area contributed by atoms with Gasteiger partial charge in [-0.1, -0.05) is 38.3 Å². The van der Waals surface area contributed by atoms with Gasteiger partial charge in [0.05, 0.1) is 0 Å². The van der Waals surface area contributed by atoms with Gasteiger partial charge in [0.1, 0.15) is 0 Å². The lowest BCUT2D eigenvalue weighted by atomic mass is 9.78. The zero-order valence-corrected chi connectivity index (χ0v) is 11.0. The SMILES string of the molecule is CC(=CCl)CNC1CCCCC1C(C)C. The zero-order chi connectivity index (χ0) is 11.3. The van der Waals surface area contributed by atoms with Crippen LogP contribution in [-0.4, -0.2) is 12.6 Å². The lowest BCUT2D eigenvalue weighted by Crippen LogP contribution is -2.41. The van der Waals surface area contributed by atoms with Gasteiger partial charge in [-0.25, -0.2) is 0 Å². The van der Waals surface area contributed by atoms with E-state index in [1.807, 2.05) is 0 Å². The quantitative estimate of drug-likeness (QED) is 0.770. The lowest BCUT2D eigenvalue weighted by molar-refractivity contribution is 0.209. The van der Waals surface area contributed by atoms with Crippen molar-refractivity contribution in [2.75, 3.05) is 6.54 Å². The van der Waals surface area contributed by atoms with E-state index in [1.54, 1.807) is 5.54 Å². The third-order valence-electron chi connectivity index (χ3n) is 3.51. The van der Waals surface area contributed by atoms with Crippen LogP contribution in [-0.2, 0) is 0 Å². The summed E-state index contributed by atoms with van der Waals surface area (Å²) < 4.78 is 0. The molecule has 88 valence electrons. The Hall–Kier alpha value is -0.0100. The van der Waals surface area contributed by atoms with Gasteiger partial charge in [0.2, 0.25) is 0 Å². The fraction of sp³-hybridized carbons (Fsp3) is 0.846. The largest absolute Gasteiger partial charge is 0.310 e. The van der Waals surface area contributed by atoms with E-state index in [2.05, 4.69) is 26.1 Å². The molecule has 1 N–H and O–H groups in total. The first kappa shape index (κ1) is 13.1. The molecule has 2 heteroatoms.